The van der Waals surface area contributed by atoms with E-state index in [0.717, 1.165) is 16.4 Å². The van der Waals surface area contributed by atoms with Crippen molar-refractivity contribution in [2.45, 2.75) is 26.8 Å². The Balaban J connectivity index is 2.25. The number of nitrogens with two attached hydrogens (primary N) is 1. The summed E-state index contributed by atoms with van der Waals surface area (Å²) in [4.78, 5) is 16.6. The molecule has 1 aromatic heterocycles. The molecule has 0 aliphatic carbocycles. The number of hydrogen-bond acceptors (Lipinski definition) is 5. The number of carbonyl (C=O) groups is 1. The lowest BCUT2D eigenvalue weighted by Gasteiger charge is -2.16. The lowest BCUT2D eigenvalue weighted by molar-refractivity contribution is 0.0956. The van der Waals surface area contributed by atoms with Crippen LogP contribution >= 0.6 is 11.3 Å². The molecule has 1 amide bonds. The zero-order chi connectivity index (χ0) is 15.4. The first-order valence-electron chi connectivity index (χ1n) is 6.87. The number of nitrogen functional groups attached to an aromatic ring is 1. The van der Waals surface area contributed by atoms with Gasteiger partial charge in [-0.15, -0.1) is 11.3 Å². The maximum absolute atomic E-state index is 12.1. The predicted molar refractivity (Wildman–Crippen MR) is 87.8 cm³/mol. The highest BCUT2D eigenvalue weighted by Gasteiger charge is 2.15. The molecule has 5 nitrogen and oxygen atoms in total. The molecule has 1 aromatic carbocycles. The van der Waals surface area contributed by atoms with E-state index in [1.807, 2.05) is 26.2 Å². The first-order valence-corrected chi connectivity index (χ1v) is 7.75. The van der Waals surface area contributed by atoms with Crippen LogP contribution in [0.3, 0.4) is 0 Å². The van der Waals surface area contributed by atoms with Crippen LogP contribution < -0.4 is 16.4 Å². The molecule has 21 heavy (non-hydrogen) atoms. The minimum atomic E-state index is -0.109. The molecule has 0 aliphatic heterocycles. The summed E-state index contributed by atoms with van der Waals surface area (Å²) in [5, 5.41) is 9.13. The van der Waals surface area contributed by atoms with Crippen LogP contribution in [-0.4, -0.2) is 17.4 Å². The zero-order valence-electron chi connectivity index (χ0n) is 12.4. The van der Waals surface area contributed by atoms with Crippen molar-refractivity contribution in [1.82, 2.24) is 10.3 Å². The second kappa shape index (κ2) is 6.58. The minimum Gasteiger partial charge on any atom is -0.399 e. The number of thiazole rings is 1. The van der Waals surface area contributed by atoms with Crippen LogP contribution in [0, 0.1) is 6.92 Å². The number of nitrogens with one attached hydrogen (secondary N) is 2. The highest BCUT2D eigenvalue weighted by Crippen LogP contribution is 2.26. The number of rotatable bonds is 5. The molecule has 112 valence electrons. The second-order valence-electron chi connectivity index (χ2n) is 4.86. The molecule has 6 heteroatoms. The SMILES string of the molecule is CCNC(=O)c1ccc(N)cc1NC(C)c1nc(C)cs1. The highest BCUT2D eigenvalue weighted by atomic mass is 32.1. The van der Waals surface area contributed by atoms with Crippen LogP contribution in [-0.2, 0) is 0 Å². The van der Waals surface area contributed by atoms with Gasteiger partial charge in [0.25, 0.3) is 5.91 Å². The summed E-state index contributed by atoms with van der Waals surface area (Å²) < 4.78 is 0. The van der Waals surface area contributed by atoms with Gasteiger partial charge in [0, 0.05) is 29.0 Å². The normalized spacial score (nSPS) is 12.0. The molecule has 4 N–H and O–H groups in total. The molecule has 0 radical (unpaired) electrons. The summed E-state index contributed by atoms with van der Waals surface area (Å²) in [5.41, 5.74) is 8.77. The van der Waals surface area contributed by atoms with Crippen molar-refractivity contribution >= 4 is 28.6 Å². The molecule has 1 heterocycles. The fraction of sp³-hybridized carbons (Fsp3) is 0.333. The molecule has 1 unspecified atom stereocenters. The number of amides is 1. The Morgan fingerprint density at radius 1 is 1.48 bits per heavy atom. The van der Waals surface area contributed by atoms with Crippen molar-refractivity contribution in [2.75, 3.05) is 17.6 Å². The van der Waals surface area contributed by atoms with Gasteiger partial charge in [-0.05, 0) is 39.0 Å². The van der Waals surface area contributed by atoms with E-state index in [1.165, 1.54) is 0 Å². The van der Waals surface area contributed by atoms with Crippen LogP contribution in [0.5, 0.6) is 0 Å². The first-order chi connectivity index (χ1) is 10.0. The van der Waals surface area contributed by atoms with Crippen LogP contribution in [0.25, 0.3) is 0 Å². The van der Waals surface area contributed by atoms with E-state index in [1.54, 1.807) is 29.5 Å². The summed E-state index contributed by atoms with van der Waals surface area (Å²) in [6.07, 6.45) is 0. The summed E-state index contributed by atoms with van der Waals surface area (Å²) in [5.74, 6) is -0.109. The molecular formula is C15H20N4OS. The van der Waals surface area contributed by atoms with E-state index in [2.05, 4.69) is 15.6 Å². The van der Waals surface area contributed by atoms with Gasteiger partial charge in [-0.25, -0.2) is 4.98 Å². The minimum absolute atomic E-state index is 0.0127. The van der Waals surface area contributed by atoms with Crippen molar-refractivity contribution < 1.29 is 4.79 Å². The van der Waals surface area contributed by atoms with Crippen molar-refractivity contribution in [3.63, 3.8) is 0 Å². The molecule has 0 saturated carbocycles. The van der Waals surface area contributed by atoms with Gasteiger partial charge in [0.15, 0.2) is 0 Å². The molecule has 1 atom stereocenters. The Morgan fingerprint density at radius 2 is 2.24 bits per heavy atom. The van der Waals surface area contributed by atoms with E-state index in [4.69, 9.17) is 5.73 Å². The molecule has 2 aromatic rings. The Bertz CT molecular complexity index is 638. The second-order valence-corrected chi connectivity index (χ2v) is 5.75. The topological polar surface area (TPSA) is 80.0 Å². The van der Waals surface area contributed by atoms with Crippen molar-refractivity contribution in [1.29, 1.82) is 0 Å². The van der Waals surface area contributed by atoms with Gasteiger partial charge < -0.3 is 16.4 Å². The third-order valence-electron chi connectivity index (χ3n) is 3.00. The molecule has 0 fully saturated rings. The number of carbonyl (C=O) groups excluding carboxylic acids is 1. The third-order valence-corrected chi connectivity index (χ3v) is 4.15. The van der Waals surface area contributed by atoms with E-state index in [9.17, 15) is 4.79 Å². The predicted octanol–water partition coefficient (Wildman–Crippen LogP) is 2.96. The first kappa shape index (κ1) is 15.3. The van der Waals surface area contributed by atoms with E-state index in [0.29, 0.717) is 17.8 Å². The number of hydrogen-bond donors (Lipinski definition) is 3. The van der Waals surface area contributed by atoms with Gasteiger partial charge in [-0.1, -0.05) is 0 Å². The van der Waals surface area contributed by atoms with Gasteiger partial charge in [0.05, 0.1) is 11.6 Å². The van der Waals surface area contributed by atoms with Crippen LogP contribution in [0.4, 0.5) is 11.4 Å². The van der Waals surface area contributed by atoms with Gasteiger partial charge in [0.2, 0.25) is 0 Å². The fourth-order valence-electron chi connectivity index (χ4n) is 2.00. The number of aryl methyl sites for hydroxylation is 1. The monoisotopic (exact) mass is 304 g/mol. The lowest BCUT2D eigenvalue weighted by Crippen LogP contribution is -2.24. The van der Waals surface area contributed by atoms with Crippen LogP contribution in [0.15, 0.2) is 23.6 Å². The zero-order valence-corrected chi connectivity index (χ0v) is 13.3. The van der Waals surface area contributed by atoms with Crippen LogP contribution in [0.1, 0.15) is 40.9 Å². The van der Waals surface area contributed by atoms with Crippen LogP contribution in [0.2, 0.25) is 0 Å². The van der Waals surface area contributed by atoms with Gasteiger partial charge in [-0.2, -0.15) is 0 Å². The number of anilines is 2. The van der Waals surface area contributed by atoms with E-state index < -0.39 is 0 Å². The maximum Gasteiger partial charge on any atom is 0.253 e. The van der Waals surface area contributed by atoms with Crippen molar-refractivity contribution in [2.24, 2.45) is 0 Å². The average molecular weight is 304 g/mol. The fourth-order valence-corrected chi connectivity index (χ4v) is 2.80. The van der Waals surface area contributed by atoms with Crippen molar-refractivity contribution in [3.8, 4) is 0 Å². The smallest absolute Gasteiger partial charge is 0.253 e. The Hall–Kier alpha value is -2.08. The summed E-state index contributed by atoms with van der Waals surface area (Å²) in [6, 6.07) is 5.26. The standard InChI is InChI=1S/C15H20N4OS/c1-4-17-14(20)12-6-5-11(16)7-13(12)19-10(3)15-18-9(2)8-21-15/h5-8,10,19H,4,16H2,1-3H3,(H,17,20). The van der Waals surface area contributed by atoms with Crippen molar-refractivity contribution in [3.05, 3.63) is 39.8 Å². The lowest BCUT2D eigenvalue weighted by atomic mass is 10.1. The Morgan fingerprint density at radius 3 is 2.86 bits per heavy atom. The quantitative estimate of drug-likeness (QED) is 0.742. The van der Waals surface area contributed by atoms with Gasteiger partial charge in [-0.3, -0.25) is 4.79 Å². The summed E-state index contributed by atoms with van der Waals surface area (Å²) in [6.45, 7) is 6.46. The number of aromatic nitrogens is 1. The Labute approximate surface area is 128 Å². The molecular weight excluding hydrogens is 284 g/mol. The third kappa shape index (κ3) is 3.72. The van der Waals surface area contributed by atoms with Gasteiger partial charge >= 0.3 is 0 Å². The molecule has 0 aliphatic rings. The molecule has 0 spiro atoms. The maximum atomic E-state index is 12.1. The van der Waals surface area contributed by atoms with E-state index in [-0.39, 0.29) is 11.9 Å². The average Bonchev–Trinajstić information content (AvgIpc) is 2.86. The van der Waals surface area contributed by atoms with Gasteiger partial charge in [0.1, 0.15) is 5.01 Å². The van der Waals surface area contributed by atoms with E-state index >= 15 is 0 Å². The Kier molecular flexibility index (Phi) is 4.80. The molecule has 2 rings (SSSR count). The number of nitrogens with zero attached hydrogens (tertiary/aromatic N) is 1. The summed E-state index contributed by atoms with van der Waals surface area (Å²) in [7, 11) is 0. The summed E-state index contributed by atoms with van der Waals surface area (Å²) >= 11 is 1.60. The largest absolute Gasteiger partial charge is 0.399 e. The molecule has 0 bridgehead atoms. The highest BCUT2D eigenvalue weighted by molar-refractivity contribution is 7.09. The molecule has 0 saturated heterocycles. The number of benzene rings is 1.